The Kier molecular flexibility index (Phi) is 3.53. The summed E-state index contributed by atoms with van der Waals surface area (Å²) in [5, 5.41) is 8.77. The number of rotatable bonds is 3. The molecule has 2 heteroatoms. The number of nitriles is 1. The first-order valence-corrected chi connectivity index (χ1v) is 4.81. The fourth-order valence-electron chi connectivity index (χ4n) is 1.19. The average molecular weight is 189 g/mol. The largest absolute Gasteiger partial charge is 0.475 e. The molecule has 1 rings (SSSR count). The van der Waals surface area contributed by atoms with E-state index in [1.165, 1.54) is 0 Å². The standard InChI is InChI=1S/C12H15NO/c1-4-11(8-13)14-12-7-9(2)5-6-10(12)3/h5-7,11H,4H2,1-3H3. The Labute approximate surface area is 85.1 Å². The molecule has 0 aromatic heterocycles. The second-order valence-electron chi connectivity index (χ2n) is 3.41. The van der Waals surface area contributed by atoms with E-state index < -0.39 is 0 Å². The van der Waals surface area contributed by atoms with Crippen LogP contribution < -0.4 is 4.74 Å². The number of nitrogens with zero attached hydrogens (tertiary/aromatic N) is 1. The van der Waals surface area contributed by atoms with Crippen molar-refractivity contribution in [3.8, 4) is 11.8 Å². The lowest BCUT2D eigenvalue weighted by molar-refractivity contribution is 0.250. The van der Waals surface area contributed by atoms with E-state index in [9.17, 15) is 0 Å². The van der Waals surface area contributed by atoms with Gasteiger partial charge in [-0.1, -0.05) is 19.1 Å². The molecule has 0 saturated heterocycles. The van der Waals surface area contributed by atoms with Gasteiger partial charge in [0, 0.05) is 0 Å². The van der Waals surface area contributed by atoms with Crippen LogP contribution in [0.2, 0.25) is 0 Å². The first-order chi connectivity index (χ1) is 6.67. The third-order valence-corrected chi connectivity index (χ3v) is 2.13. The van der Waals surface area contributed by atoms with E-state index >= 15 is 0 Å². The summed E-state index contributed by atoms with van der Waals surface area (Å²) in [6, 6.07) is 8.14. The van der Waals surface area contributed by atoms with E-state index in [0.29, 0.717) is 6.42 Å². The van der Waals surface area contributed by atoms with Crippen molar-refractivity contribution in [3.05, 3.63) is 29.3 Å². The minimum atomic E-state index is -0.338. The second-order valence-corrected chi connectivity index (χ2v) is 3.41. The van der Waals surface area contributed by atoms with Crippen LogP contribution in [0.5, 0.6) is 5.75 Å². The average Bonchev–Trinajstić information content (AvgIpc) is 2.19. The Morgan fingerprint density at radius 1 is 1.43 bits per heavy atom. The van der Waals surface area contributed by atoms with Crippen LogP contribution in [-0.2, 0) is 0 Å². The number of hydrogen-bond acceptors (Lipinski definition) is 2. The highest BCUT2D eigenvalue weighted by molar-refractivity contribution is 5.36. The van der Waals surface area contributed by atoms with Crippen LogP contribution in [0.15, 0.2) is 18.2 Å². The number of ether oxygens (including phenoxy) is 1. The minimum Gasteiger partial charge on any atom is -0.475 e. The molecule has 0 heterocycles. The molecule has 0 saturated carbocycles. The van der Waals surface area contributed by atoms with Crippen molar-refractivity contribution in [2.45, 2.75) is 33.3 Å². The van der Waals surface area contributed by atoms with Gasteiger partial charge in [0.05, 0.1) is 0 Å². The first-order valence-electron chi connectivity index (χ1n) is 4.81. The van der Waals surface area contributed by atoms with E-state index in [-0.39, 0.29) is 6.10 Å². The molecule has 0 spiro atoms. The van der Waals surface area contributed by atoms with E-state index in [0.717, 1.165) is 16.9 Å². The molecular weight excluding hydrogens is 174 g/mol. The van der Waals surface area contributed by atoms with E-state index in [4.69, 9.17) is 10.00 Å². The molecule has 1 unspecified atom stereocenters. The minimum absolute atomic E-state index is 0.338. The molecule has 14 heavy (non-hydrogen) atoms. The molecule has 0 aliphatic rings. The Morgan fingerprint density at radius 3 is 2.71 bits per heavy atom. The summed E-state index contributed by atoms with van der Waals surface area (Å²) in [6.07, 6.45) is 0.375. The summed E-state index contributed by atoms with van der Waals surface area (Å²) >= 11 is 0. The van der Waals surface area contributed by atoms with E-state index in [2.05, 4.69) is 6.07 Å². The van der Waals surface area contributed by atoms with Gasteiger partial charge in [-0.05, 0) is 37.5 Å². The van der Waals surface area contributed by atoms with Crippen LogP contribution in [0, 0.1) is 25.2 Å². The van der Waals surface area contributed by atoms with Gasteiger partial charge in [0.25, 0.3) is 0 Å². The highest BCUT2D eigenvalue weighted by Gasteiger charge is 2.07. The third kappa shape index (κ3) is 2.50. The third-order valence-electron chi connectivity index (χ3n) is 2.13. The normalized spacial score (nSPS) is 11.9. The fourth-order valence-corrected chi connectivity index (χ4v) is 1.19. The summed E-state index contributed by atoms with van der Waals surface area (Å²) in [6.45, 7) is 5.94. The second kappa shape index (κ2) is 4.66. The topological polar surface area (TPSA) is 33.0 Å². The molecule has 74 valence electrons. The zero-order valence-corrected chi connectivity index (χ0v) is 8.87. The van der Waals surface area contributed by atoms with Crippen LogP contribution >= 0.6 is 0 Å². The van der Waals surface area contributed by atoms with Gasteiger partial charge in [-0.25, -0.2) is 0 Å². The Balaban J connectivity index is 2.86. The molecule has 1 aromatic rings. The lowest BCUT2D eigenvalue weighted by Crippen LogP contribution is -2.12. The van der Waals surface area contributed by atoms with Crippen LogP contribution in [-0.4, -0.2) is 6.10 Å². The smallest absolute Gasteiger partial charge is 0.184 e. The number of aryl methyl sites for hydroxylation is 2. The van der Waals surface area contributed by atoms with Gasteiger partial charge in [0.1, 0.15) is 11.8 Å². The van der Waals surface area contributed by atoms with Crippen molar-refractivity contribution in [2.24, 2.45) is 0 Å². The molecule has 0 fully saturated rings. The molecule has 0 aliphatic heterocycles. The predicted octanol–water partition coefficient (Wildman–Crippen LogP) is 2.98. The van der Waals surface area contributed by atoms with Crippen molar-refractivity contribution < 1.29 is 4.74 Å². The summed E-state index contributed by atoms with van der Waals surface area (Å²) in [5.41, 5.74) is 2.22. The highest BCUT2D eigenvalue weighted by Crippen LogP contribution is 2.20. The lowest BCUT2D eigenvalue weighted by Gasteiger charge is -2.12. The highest BCUT2D eigenvalue weighted by atomic mass is 16.5. The number of benzene rings is 1. The van der Waals surface area contributed by atoms with Crippen molar-refractivity contribution in [1.82, 2.24) is 0 Å². The Morgan fingerprint density at radius 2 is 2.14 bits per heavy atom. The molecule has 0 amide bonds. The summed E-state index contributed by atoms with van der Waals surface area (Å²) < 4.78 is 5.56. The summed E-state index contributed by atoms with van der Waals surface area (Å²) in [4.78, 5) is 0. The van der Waals surface area contributed by atoms with Crippen molar-refractivity contribution in [2.75, 3.05) is 0 Å². The molecule has 1 aromatic carbocycles. The van der Waals surface area contributed by atoms with Gasteiger partial charge in [-0.15, -0.1) is 0 Å². The van der Waals surface area contributed by atoms with E-state index in [1.807, 2.05) is 39.0 Å². The van der Waals surface area contributed by atoms with Crippen LogP contribution in [0.4, 0.5) is 0 Å². The molecule has 0 bridgehead atoms. The van der Waals surface area contributed by atoms with Gasteiger partial charge in [-0.2, -0.15) is 5.26 Å². The molecule has 0 radical (unpaired) electrons. The lowest BCUT2D eigenvalue weighted by atomic mass is 10.1. The van der Waals surface area contributed by atoms with Gasteiger partial charge in [-0.3, -0.25) is 0 Å². The first kappa shape index (κ1) is 10.6. The van der Waals surface area contributed by atoms with Crippen molar-refractivity contribution >= 4 is 0 Å². The maximum Gasteiger partial charge on any atom is 0.184 e. The van der Waals surface area contributed by atoms with Gasteiger partial charge >= 0.3 is 0 Å². The summed E-state index contributed by atoms with van der Waals surface area (Å²) in [7, 11) is 0. The SMILES string of the molecule is CCC(C#N)Oc1cc(C)ccc1C. The van der Waals surface area contributed by atoms with Gasteiger partial charge < -0.3 is 4.74 Å². The van der Waals surface area contributed by atoms with Crippen LogP contribution in [0.1, 0.15) is 24.5 Å². The molecule has 0 aliphatic carbocycles. The van der Waals surface area contributed by atoms with Crippen LogP contribution in [0.3, 0.4) is 0 Å². The maximum atomic E-state index is 8.77. The number of hydrogen-bond donors (Lipinski definition) is 0. The predicted molar refractivity (Wildman–Crippen MR) is 56.2 cm³/mol. The zero-order chi connectivity index (χ0) is 10.6. The Bertz CT molecular complexity index is 352. The monoisotopic (exact) mass is 189 g/mol. The maximum absolute atomic E-state index is 8.77. The van der Waals surface area contributed by atoms with E-state index in [1.54, 1.807) is 0 Å². The summed E-state index contributed by atoms with van der Waals surface area (Å²) in [5.74, 6) is 0.818. The quantitative estimate of drug-likeness (QED) is 0.732. The molecule has 0 N–H and O–H groups in total. The van der Waals surface area contributed by atoms with Crippen LogP contribution in [0.25, 0.3) is 0 Å². The van der Waals surface area contributed by atoms with Crippen molar-refractivity contribution in [3.63, 3.8) is 0 Å². The molecular formula is C12H15NO. The Hall–Kier alpha value is -1.49. The fraction of sp³-hybridized carbons (Fsp3) is 0.417. The molecule has 2 nitrogen and oxygen atoms in total. The zero-order valence-electron chi connectivity index (χ0n) is 8.87. The van der Waals surface area contributed by atoms with Crippen molar-refractivity contribution in [1.29, 1.82) is 5.26 Å². The van der Waals surface area contributed by atoms with Gasteiger partial charge in [0.2, 0.25) is 0 Å². The van der Waals surface area contributed by atoms with Gasteiger partial charge in [0.15, 0.2) is 6.10 Å². The molecule has 1 atom stereocenters.